The highest BCUT2D eigenvalue weighted by atomic mass is 16.5. The van der Waals surface area contributed by atoms with Crippen molar-refractivity contribution >= 4 is 10.8 Å². The number of hydrogen-bond acceptors (Lipinski definition) is 4. The standard InChI is InChI=1S/C23H26N2O2/c1-26-21-11-10-18(16-22(21)27-2)23(25-14-12-24-13-15-25)20-9-5-7-17-6-3-4-8-19(17)20/h3-11,16,23-24H,12-15H2,1-2H3. The predicted molar refractivity (Wildman–Crippen MR) is 110 cm³/mol. The number of ether oxygens (including phenoxy) is 2. The molecule has 1 aliphatic rings. The van der Waals surface area contributed by atoms with Crippen molar-refractivity contribution in [2.24, 2.45) is 0 Å². The van der Waals surface area contributed by atoms with E-state index in [1.807, 2.05) is 6.07 Å². The van der Waals surface area contributed by atoms with E-state index in [9.17, 15) is 0 Å². The molecule has 3 aromatic carbocycles. The van der Waals surface area contributed by atoms with Crippen LogP contribution in [0.4, 0.5) is 0 Å². The second kappa shape index (κ2) is 7.99. The fourth-order valence-corrected chi connectivity index (χ4v) is 4.04. The van der Waals surface area contributed by atoms with Crippen LogP contribution in [0.5, 0.6) is 11.5 Å². The highest BCUT2D eigenvalue weighted by Gasteiger charge is 2.26. The number of methoxy groups -OCH3 is 2. The van der Waals surface area contributed by atoms with Gasteiger partial charge in [-0.25, -0.2) is 0 Å². The van der Waals surface area contributed by atoms with Crippen molar-refractivity contribution in [2.45, 2.75) is 6.04 Å². The van der Waals surface area contributed by atoms with Crippen molar-refractivity contribution in [1.82, 2.24) is 10.2 Å². The quantitative estimate of drug-likeness (QED) is 0.747. The van der Waals surface area contributed by atoms with Crippen LogP contribution in [-0.2, 0) is 0 Å². The first-order chi connectivity index (χ1) is 13.3. The fourth-order valence-electron chi connectivity index (χ4n) is 4.04. The molecule has 0 bridgehead atoms. The lowest BCUT2D eigenvalue weighted by molar-refractivity contribution is 0.199. The van der Waals surface area contributed by atoms with Gasteiger partial charge in [-0.05, 0) is 34.0 Å². The number of benzene rings is 3. The van der Waals surface area contributed by atoms with Crippen molar-refractivity contribution in [1.29, 1.82) is 0 Å². The predicted octanol–water partition coefficient (Wildman–Crippen LogP) is 3.85. The van der Waals surface area contributed by atoms with Gasteiger partial charge in [-0.15, -0.1) is 0 Å². The van der Waals surface area contributed by atoms with Gasteiger partial charge >= 0.3 is 0 Å². The minimum Gasteiger partial charge on any atom is -0.493 e. The summed E-state index contributed by atoms with van der Waals surface area (Å²) in [6.45, 7) is 4.05. The second-order valence-corrected chi connectivity index (χ2v) is 6.87. The zero-order valence-corrected chi connectivity index (χ0v) is 15.9. The normalized spacial score (nSPS) is 16.2. The molecule has 4 nitrogen and oxygen atoms in total. The molecular weight excluding hydrogens is 336 g/mol. The third-order valence-corrected chi connectivity index (χ3v) is 5.36. The summed E-state index contributed by atoms with van der Waals surface area (Å²) in [4.78, 5) is 2.56. The summed E-state index contributed by atoms with van der Waals surface area (Å²) < 4.78 is 11.0. The van der Waals surface area contributed by atoms with Crippen LogP contribution < -0.4 is 14.8 Å². The van der Waals surface area contributed by atoms with Crippen LogP contribution >= 0.6 is 0 Å². The summed E-state index contributed by atoms with van der Waals surface area (Å²) in [5.74, 6) is 1.54. The van der Waals surface area contributed by atoms with E-state index in [0.29, 0.717) is 0 Å². The molecule has 1 fully saturated rings. The largest absolute Gasteiger partial charge is 0.493 e. The molecule has 27 heavy (non-hydrogen) atoms. The molecule has 140 valence electrons. The number of piperazine rings is 1. The van der Waals surface area contributed by atoms with Crippen LogP contribution in [-0.4, -0.2) is 45.3 Å². The topological polar surface area (TPSA) is 33.7 Å². The molecule has 0 amide bonds. The number of nitrogens with one attached hydrogen (secondary N) is 1. The molecule has 0 aliphatic carbocycles. The summed E-state index contributed by atoms with van der Waals surface area (Å²) in [6, 6.07) is 21.7. The van der Waals surface area contributed by atoms with Crippen molar-refractivity contribution in [2.75, 3.05) is 40.4 Å². The Bertz CT molecular complexity index is 914. The summed E-state index contributed by atoms with van der Waals surface area (Å²) in [7, 11) is 3.37. The molecule has 1 N–H and O–H groups in total. The molecule has 0 spiro atoms. The second-order valence-electron chi connectivity index (χ2n) is 6.87. The van der Waals surface area contributed by atoms with Crippen LogP contribution in [0.3, 0.4) is 0 Å². The number of rotatable bonds is 5. The molecular formula is C23H26N2O2. The average molecular weight is 362 g/mol. The maximum atomic E-state index is 5.58. The maximum Gasteiger partial charge on any atom is 0.161 e. The Morgan fingerprint density at radius 3 is 2.37 bits per heavy atom. The van der Waals surface area contributed by atoms with E-state index in [-0.39, 0.29) is 6.04 Å². The van der Waals surface area contributed by atoms with E-state index < -0.39 is 0 Å². The molecule has 0 saturated carbocycles. The Morgan fingerprint density at radius 1 is 0.852 bits per heavy atom. The van der Waals surface area contributed by atoms with E-state index in [4.69, 9.17) is 9.47 Å². The Kier molecular flexibility index (Phi) is 5.28. The number of nitrogens with zero attached hydrogens (tertiary/aromatic N) is 1. The average Bonchev–Trinajstić information content (AvgIpc) is 2.75. The van der Waals surface area contributed by atoms with Crippen molar-refractivity contribution in [3.8, 4) is 11.5 Å². The Balaban J connectivity index is 1.87. The summed E-state index contributed by atoms with van der Waals surface area (Å²) >= 11 is 0. The Hall–Kier alpha value is -2.56. The minimum atomic E-state index is 0.179. The first-order valence-electron chi connectivity index (χ1n) is 9.46. The van der Waals surface area contributed by atoms with E-state index in [1.54, 1.807) is 14.2 Å². The lowest BCUT2D eigenvalue weighted by atomic mass is 9.92. The zero-order chi connectivity index (χ0) is 18.6. The van der Waals surface area contributed by atoms with E-state index in [1.165, 1.54) is 21.9 Å². The van der Waals surface area contributed by atoms with Crippen molar-refractivity contribution in [3.63, 3.8) is 0 Å². The number of fused-ring (bicyclic) bond motifs is 1. The Morgan fingerprint density at radius 2 is 1.59 bits per heavy atom. The molecule has 1 aliphatic heterocycles. The van der Waals surface area contributed by atoms with Crippen LogP contribution in [0.1, 0.15) is 17.2 Å². The van der Waals surface area contributed by atoms with Gasteiger partial charge in [0.15, 0.2) is 11.5 Å². The first-order valence-corrected chi connectivity index (χ1v) is 9.46. The lowest BCUT2D eigenvalue weighted by Crippen LogP contribution is -2.45. The van der Waals surface area contributed by atoms with E-state index in [0.717, 1.165) is 37.7 Å². The van der Waals surface area contributed by atoms with Crippen molar-refractivity contribution < 1.29 is 9.47 Å². The van der Waals surface area contributed by atoms with Crippen LogP contribution in [0.25, 0.3) is 10.8 Å². The molecule has 3 aromatic rings. The van der Waals surface area contributed by atoms with Gasteiger partial charge in [0.25, 0.3) is 0 Å². The van der Waals surface area contributed by atoms with Crippen molar-refractivity contribution in [3.05, 3.63) is 71.8 Å². The zero-order valence-electron chi connectivity index (χ0n) is 15.9. The fraction of sp³-hybridized carbons (Fsp3) is 0.304. The van der Waals surface area contributed by atoms with Crippen LogP contribution in [0.15, 0.2) is 60.7 Å². The molecule has 1 atom stereocenters. The SMILES string of the molecule is COc1ccc(C(c2cccc3ccccc23)N2CCNCC2)cc1OC. The maximum absolute atomic E-state index is 5.58. The van der Waals surface area contributed by atoms with E-state index >= 15 is 0 Å². The molecule has 1 unspecified atom stereocenters. The van der Waals surface area contributed by atoms with E-state index in [2.05, 4.69) is 64.8 Å². The first kappa shape index (κ1) is 17.8. The van der Waals surface area contributed by atoms with Gasteiger partial charge in [0.05, 0.1) is 20.3 Å². The van der Waals surface area contributed by atoms with Crippen LogP contribution in [0.2, 0.25) is 0 Å². The van der Waals surface area contributed by atoms with Gasteiger partial charge in [0, 0.05) is 26.2 Å². The highest BCUT2D eigenvalue weighted by Crippen LogP contribution is 2.37. The molecule has 0 radical (unpaired) electrons. The summed E-state index contributed by atoms with van der Waals surface area (Å²) in [5.41, 5.74) is 2.56. The molecule has 4 rings (SSSR count). The summed E-state index contributed by atoms with van der Waals surface area (Å²) in [6.07, 6.45) is 0. The monoisotopic (exact) mass is 362 g/mol. The summed E-state index contributed by atoms with van der Waals surface area (Å²) in [5, 5.41) is 6.04. The smallest absolute Gasteiger partial charge is 0.161 e. The van der Waals surface area contributed by atoms with Gasteiger partial charge in [0.2, 0.25) is 0 Å². The van der Waals surface area contributed by atoms with Gasteiger partial charge in [-0.1, -0.05) is 48.5 Å². The molecule has 0 aromatic heterocycles. The van der Waals surface area contributed by atoms with Gasteiger partial charge < -0.3 is 14.8 Å². The minimum absolute atomic E-state index is 0.179. The Labute approximate surface area is 160 Å². The highest BCUT2D eigenvalue weighted by molar-refractivity contribution is 5.86. The van der Waals surface area contributed by atoms with Gasteiger partial charge in [0.1, 0.15) is 0 Å². The molecule has 1 saturated heterocycles. The van der Waals surface area contributed by atoms with Crippen LogP contribution in [0, 0.1) is 0 Å². The lowest BCUT2D eigenvalue weighted by Gasteiger charge is -2.36. The van der Waals surface area contributed by atoms with Gasteiger partial charge in [-0.3, -0.25) is 4.90 Å². The van der Waals surface area contributed by atoms with Gasteiger partial charge in [-0.2, -0.15) is 0 Å². The molecule has 1 heterocycles. The molecule has 4 heteroatoms. The third kappa shape index (κ3) is 3.51. The third-order valence-electron chi connectivity index (χ3n) is 5.36. The number of hydrogen-bond donors (Lipinski definition) is 1.